The highest BCUT2D eigenvalue weighted by molar-refractivity contribution is 9.10. The van der Waals surface area contributed by atoms with Crippen LogP contribution in [0.15, 0.2) is 51.9 Å². The van der Waals surface area contributed by atoms with Crippen LogP contribution in [0.25, 0.3) is 10.9 Å². The zero-order chi connectivity index (χ0) is 18.7. The zero-order valence-electron chi connectivity index (χ0n) is 14.5. The van der Waals surface area contributed by atoms with Crippen molar-refractivity contribution in [3.8, 4) is 0 Å². The number of hydrogen-bond donors (Lipinski definition) is 1. The monoisotopic (exact) mass is 415 g/mol. The number of carbonyl (C=O) groups is 1. The summed E-state index contributed by atoms with van der Waals surface area (Å²) in [5, 5.41) is 3.25. The fraction of sp³-hybridized carbons (Fsp3) is 0.211. The van der Waals surface area contributed by atoms with Gasteiger partial charge in [0.15, 0.2) is 0 Å². The number of amides is 1. The van der Waals surface area contributed by atoms with Crippen molar-refractivity contribution in [3.63, 3.8) is 0 Å². The van der Waals surface area contributed by atoms with Crippen molar-refractivity contribution in [2.24, 2.45) is 0 Å². The van der Waals surface area contributed by atoms with Crippen LogP contribution in [0.2, 0.25) is 0 Å². The van der Waals surface area contributed by atoms with Crippen LogP contribution in [-0.4, -0.2) is 29.2 Å². The number of anilines is 1. The Bertz CT molecular complexity index is 1030. The standard InChI is InChI=1S/C19H18BrN3O3/c1-12-15(18(24)22-14-5-3-4-13(20)10-14)11-16-17(21-12)6-7-23(19(16)25)8-9-26-2/h3-7,10-11H,8-9H2,1-2H3,(H,22,24). The molecular formula is C19H18BrN3O3. The lowest BCUT2D eigenvalue weighted by molar-refractivity contribution is 0.102. The first-order valence-electron chi connectivity index (χ1n) is 8.06. The van der Waals surface area contributed by atoms with Gasteiger partial charge < -0.3 is 14.6 Å². The Labute approximate surface area is 158 Å². The maximum Gasteiger partial charge on any atom is 0.260 e. The van der Waals surface area contributed by atoms with Gasteiger partial charge in [-0.2, -0.15) is 0 Å². The second-order valence-corrected chi connectivity index (χ2v) is 6.74. The molecule has 3 rings (SSSR count). The van der Waals surface area contributed by atoms with Crippen LogP contribution in [0.3, 0.4) is 0 Å². The summed E-state index contributed by atoms with van der Waals surface area (Å²) in [6, 6.07) is 10.7. The summed E-state index contributed by atoms with van der Waals surface area (Å²) in [5.74, 6) is -0.304. The summed E-state index contributed by atoms with van der Waals surface area (Å²) in [7, 11) is 1.58. The number of aromatic nitrogens is 2. The van der Waals surface area contributed by atoms with Crippen molar-refractivity contribution in [2.45, 2.75) is 13.5 Å². The van der Waals surface area contributed by atoms with Crippen molar-refractivity contribution in [2.75, 3.05) is 19.0 Å². The minimum Gasteiger partial charge on any atom is -0.383 e. The molecule has 0 bridgehead atoms. The van der Waals surface area contributed by atoms with E-state index in [1.807, 2.05) is 12.1 Å². The molecule has 0 radical (unpaired) electrons. The molecule has 7 heteroatoms. The lowest BCUT2D eigenvalue weighted by Gasteiger charge is -2.10. The van der Waals surface area contributed by atoms with E-state index in [-0.39, 0.29) is 11.5 Å². The Morgan fingerprint density at radius 2 is 2.12 bits per heavy atom. The number of carbonyl (C=O) groups excluding carboxylic acids is 1. The summed E-state index contributed by atoms with van der Waals surface area (Å²) in [4.78, 5) is 29.7. The van der Waals surface area contributed by atoms with Gasteiger partial charge in [0.05, 0.1) is 28.8 Å². The van der Waals surface area contributed by atoms with Crippen LogP contribution in [0.4, 0.5) is 5.69 Å². The number of nitrogens with zero attached hydrogens (tertiary/aromatic N) is 2. The Hall–Kier alpha value is -2.51. The fourth-order valence-corrected chi connectivity index (χ4v) is 3.06. The topological polar surface area (TPSA) is 73.2 Å². The molecule has 26 heavy (non-hydrogen) atoms. The molecule has 1 N–H and O–H groups in total. The molecule has 0 aliphatic rings. The van der Waals surface area contributed by atoms with E-state index in [2.05, 4.69) is 26.2 Å². The van der Waals surface area contributed by atoms with Crippen molar-refractivity contribution >= 4 is 38.4 Å². The predicted octanol–water partition coefficient (Wildman–Crippen LogP) is 3.37. The average molecular weight is 416 g/mol. The van der Waals surface area contributed by atoms with Crippen LogP contribution in [0.5, 0.6) is 0 Å². The molecule has 0 saturated carbocycles. The molecule has 3 aromatic rings. The van der Waals surface area contributed by atoms with Crippen LogP contribution in [0, 0.1) is 6.92 Å². The average Bonchev–Trinajstić information content (AvgIpc) is 2.61. The van der Waals surface area contributed by atoms with E-state index in [9.17, 15) is 9.59 Å². The molecule has 2 aromatic heterocycles. The Morgan fingerprint density at radius 3 is 2.85 bits per heavy atom. The molecule has 0 saturated heterocycles. The molecule has 0 spiro atoms. The fourth-order valence-electron chi connectivity index (χ4n) is 2.67. The first-order chi connectivity index (χ1) is 12.5. The highest BCUT2D eigenvalue weighted by atomic mass is 79.9. The summed E-state index contributed by atoms with van der Waals surface area (Å²) in [6.45, 7) is 2.63. The maximum absolute atomic E-state index is 12.7. The Kier molecular flexibility index (Phi) is 5.49. The molecular weight excluding hydrogens is 398 g/mol. The molecule has 6 nitrogen and oxygen atoms in total. The molecule has 134 valence electrons. The smallest absolute Gasteiger partial charge is 0.260 e. The third kappa shape index (κ3) is 3.84. The second-order valence-electron chi connectivity index (χ2n) is 5.83. The quantitative estimate of drug-likeness (QED) is 0.693. The highest BCUT2D eigenvalue weighted by Gasteiger charge is 2.14. The van der Waals surface area contributed by atoms with Gasteiger partial charge in [-0.25, -0.2) is 0 Å². The number of benzene rings is 1. The van der Waals surface area contributed by atoms with E-state index in [0.717, 1.165) is 4.47 Å². The summed E-state index contributed by atoms with van der Waals surface area (Å²) in [5.41, 5.74) is 1.98. The lowest BCUT2D eigenvalue weighted by atomic mass is 10.1. The van der Waals surface area contributed by atoms with Gasteiger partial charge in [0, 0.05) is 30.0 Å². The SMILES string of the molecule is COCCn1ccc2nc(C)c(C(=O)Nc3cccc(Br)c3)cc2c1=O. The number of nitrogens with one attached hydrogen (secondary N) is 1. The van der Waals surface area contributed by atoms with Crippen molar-refractivity contribution < 1.29 is 9.53 Å². The number of methoxy groups -OCH3 is 1. The van der Waals surface area contributed by atoms with E-state index < -0.39 is 0 Å². The Morgan fingerprint density at radius 1 is 1.31 bits per heavy atom. The third-order valence-corrected chi connectivity index (χ3v) is 4.50. The second kappa shape index (κ2) is 7.80. The van der Waals surface area contributed by atoms with Gasteiger partial charge in [-0.05, 0) is 37.3 Å². The summed E-state index contributed by atoms with van der Waals surface area (Å²) < 4.78 is 7.45. The maximum atomic E-state index is 12.7. The van der Waals surface area contributed by atoms with Gasteiger partial charge >= 0.3 is 0 Å². The molecule has 0 aliphatic heterocycles. The first-order valence-corrected chi connectivity index (χ1v) is 8.85. The van der Waals surface area contributed by atoms with E-state index in [1.54, 1.807) is 49.1 Å². The molecule has 2 heterocycles. The predicted molar refractivity (Wildman–Crippen MR) is 105 cm³/mol. The van der Waals surface area contributed by atoms with Gasteiger partial charge in [-0.3, -0.25) is 14.6 Å². The molecule has 0 fully saturated rings. The zero-order valence-corrected chi connectivity index (χ0v) is 16.0. The number of aryl methyl sites for hydroxylation is 1. The van der Waals surface area contributed by atoms with Gasteiger partial charge in [0.25, 0.3) is 11.5 Å². The van der Waals surface area contributed by atoms with Crippen LogP contribution < -0.4 is 10.9 Å². The van der Waals surface area contributed by atoms with Crippen LogP contribution in [0.1, 0.15) is 16.1 Å². The molecule has 1 amide bonds. The van der Waals surface area contributed by atoms with Crippen molar-refractivity contribution in [1.82, 2.24) is 9.55 Å². The third-order valence-electron chi connectivity index (χ3n) is 4.01. The lowest BCUT2D eigenvalue weighted by Crippen LogP contribution is -2.23. The number of hydrogen-bond acceptors (Lipinski definition) is 4. The molecule has 0 atom stereocenters. The normalized spacial score (nSPS) is 10.9. The Balaban J connectivity index is 1.99. The minimum absolute atomic E-state index is 0.191. The van der Waals surface area contributed by atoms with Crippen LogP contribution >= 0.6 is 15.9 Å². The largest absolute Gasteiger partial charge is 0.383 e. The summed E-state index contributed by atoms with van der Waals surface area (Å²) >= 11 is 3.38. The van der Waals surface area contributed by atoms with Gasteiger partial charge in [-0.15, -0.1) is 0 Å². The van der Waals surface area contributed by atoms with Crippen molar-refractivity contribution in [3.05, 3.63) is 68.7 Å². The van der Waals surface area contributed by atoms with E-state index in [0.29, 0.717) is 41.0 Å². The minimum atomic E-state index is -0.304. The molecule has 0 aliphatic carbocycles. The number of ether oxygens (including phenoxy) is 1. The number of fused-ring (bicyclic) bond motifs is 1. The van der Waals surface area contributed by atoms with Crippen molar-refractivity contribution in [1.29, 1.82) is 0 Å². The number of halogens is 1. The molecule has 1 aromatic carbocycles. The molecule has 0 unspecified atom stereocenters. The highest BCUT2D eigenvalue weighted by Crippen LogP contribution is 2.18. The van der Waals surface area contributed by atoms with E-state index in [1.165, 1.54) is 0 Å². The van der Waals surface area contributed by atoms with Crippen LogP contribution in [-0.2, 0) is 11.3 Å². The van der Waals surface area contributed by atoms with E-state index in [4.69, 9.17) is 4.74 Å². The van der Waals surface area contributed by atoms with Gasteiger partial charge in [0.1, 0.15) is 0 Å². The van der Waals surface area contributed by atoms with Gasteiger partial charge in [-0.1, -0.05) is 22.0 Å². The summed E-state index contributed by atoms with van der Waals surface area (Å²) in [6.07, 6.45) is 1.69. The van der Waals surface area contributed by atoms with E-state index >= 15 is 0 Å². The number of pyridine rings is 2. The number of rotatable bonds is 5. The van der Waals surface area contributed by atoms with Gasteiger partial charge in [0.2, 0.25) is 0 Å². The first kappa shape index (κ1) is 18.3.